The lowest BCUT2D eigenvalue weighted by Gasteiger charge is -2.24. The van der Waals surface area contributed by atoms with Gasteiger partial charge >= 0.3 is 5.97 Å². The number of carbonyl (C=O) groups excluding carboxylic acids is 1. The minimum Gasteiger partial charge on any atom is -0.497 e. The van der Waals surface area contributed by atoms with Gasteiger partial charge in [0.15, 0.2) is 0 Å². The molecule has 3 aromatic rings. The highest BCUT2D eigenvalue weighted by Crippen LogP contribution is 2.37. The van der Waals surface area contributed by atoms with Crippen LogP contribution < -0.4 is 9.47 Å². The summed E-state index contributed by atoms with van der Waals surface area (Å²) in [5, 5.41) is 9.40. The van der Waals surface area contributed by atoms with Crippen molar-refractivity contribution in [2.45, 2.75) is 58.0 Å². The van der Waals surface area contributed by atoms with E-state index in [2.05, 4.69) is 45.0 Å². The van der Waals surface area contributed by atoms with Crippen molar-refractivity contribution in [3.05, 3.63) is 94.5 Å². The van der Waals surface area contributed by atoms with Gasteiger partial charge < -0.3 is 19.5 Å². The summed E-state index contributed by atoms with van der Waals surface area (Å²) in [5.41, 5.74) is 5.14. The molecule has 200 valence electrons. The summed E-state index contributed by atoms with van der Waals surface area (Å²) < 4.78 is 11.6. The summed E-state index contributed by atoms with van der Waals surface area (Å²) in [7, 11) is 1.60. The smallest absolute Gasteiger partial charge is 0.323 e. The van der Waals surface area contributed by atoms with E-state index in [1.807, 2.05) is 42.5 Å². The van der Waals surface area contributed by atoms with Crippen LogP contribution >= 0.6 is 0 Å². The van der Waals surface area contributed by atoms with E-state index >= 15 is 0 Å². The highest BCUT2D eigenvalue weighted by atomic mass is 16.5. The van der Waals surface area contributed by atoms with Crippen LogP contribution in [0.25, 0.3) is 0 Å². The van der Waals surface area contributed by atoms with Gasteiger partial charge in [0.1, 0.15) is 23.6 Å². The molecule has 0 radical (unpaired) electrons. The van der Waals surface area contributed by atoms with Crippen LogP contribution in [0.1, 0.15) is 54.5 Å². The van der Waals surface area contributed by atoms with Gasteiger partial charge in [0.25, 0.3) is 0 Å². The molecular formula is C32H37NO5. The molecule has 0 fully saturated rings. The number of hydrogen-bond donors (Lipinski definition) is 1. The van der Waals surface area contributed by atoms with Gasteiger partial charge in [-0.3, -0.25) is 9.59 Å². The molecule has 1 amide bonds. The maximum Gasteiger partial charge on any atom is 0.323 e. The summed E-state index contributed by atoms with van der Waals surface area (Å²) in [5.74, 6) is 0.855. The zero-order valence-electron chi connectivity index (χ0n) is 22.7. The molecule has 0 spiro atoms. The Kier molecular flexibility index (Phi) is 8.40. The van der Waals surface area contributed by atoms with E-state index in [9.17, 15) is 14.7 Å². The Bertz CT molecular complexity index is 1280. The molecule has 4 rings (SSSR count). The largest absolute Gasteiger partial charge is 0.497 e. The van der Waals surface area contributed by atoms with Crippen molar-refractivity contribution in [2.24, 2.45) is 0 Å². The third kappa shape index (κ3) is 6.94. The van der Waals surface area contributed by atoms with Crippen LogP contribution in [0.15, 0.2) is 66.7 Å². The van der Waals surface area contributed by atoms with Crippen molar-refractivity contribution >= 4 is 11.9 Å². The standard InChI is InChI=1S/C32H37NO5/c1-22(2)26-11-8-24(9-12-26)19-32(3)20-27-16-25(10-13-29(27)38-32)18-30(34)33(21-31(35)36)15-14-23-6-5-7-28(17-23)37-4/h5-13,16-17,22H,14-15,18-21H2,1-4H3,(H,35,36)/t32-/m0/s1. The van der Waals surface area contributed by atoms with E-state index < -0.39 is 5.97 Å². The van der Waals surface area contributed by atoms with Crippen molar-refractivity contribution in [1.82, 2.24) is 4.90 Å². The molecule has 1 aliphatic rings. The minimum absolute atomic E-state index is 0.145. The maximum atomic E-state index is 13.1. The number of rotatable bonds is 11. The lowest BCUT2D eigenvalue weighted by Crippen LogP contribution is -2.38. The Labute approximate surface area is 225 Å². The molecule has 6 heteroatoms. The Morgan fingerprint density at radius 3 is 2.45 bits per heavy atom. The molecule has 1 N–H and O–H groups in total. The van der Waals surface area contributed by atoms with Gasteiger partial charge in [-0.25, -0.2) is 0 Å². The number of ether oxygens (including phenoxy) is 2. The molecule has 0 aromatic heterocycles. The first kappa shape index (κ1) is 27.2. The molecule has 0 saturated carbocycles. The summed E-state index contributed by atoms with van der Waals surface area (Å²) in [6.45, 7) is 6.50. The number of carbonyl (C=O) groups is 2. The number of benzene rings is 3. The van der Waals surface area contributed by atoms with Gasteiger partial charge in [0, 0.05) is 19.4 Å². The van der Waals surface area contributed by atoms with Crippen LogP contribution in [0, 0.1) is 0 Å². The number of methoxy groups -OCH3 is 1. The second-order valence-electron chi connectivity index (χ2n) is 10.7. The van der Waals surface area contributed by atoms with Gasteiger partial charge in [0.05, 0.1) is 13.5 Å². The van der Waals surface area contributed by atoms with E-state index in [0.29, 0.717) is 18.9 Å². The van der Waals surface area contributed by atoms with Gasteiger partial charge in [-0.1, -0.05) is 62.4 Å². The average molecular weight is 516 g/mol. The monoisotopic (exact) mass is 515 g/mol. The van der Waals surface area contributed by atoms with Crippen LogP contribution in [0.2, 0.25) is 0 Å². The number of nitrogens with zero attached hydrogens (tertiary/aromatic N) is 1. The van der Waals surface area contributed by atoms with E-state index in [1.165, 1.54) is 16.0 Å². The molecule has 3 aromatic carbocycles. The molecule has 1 atom stereocenters. The Hall–Kier alpha value is -3.80. The molecule has 0 aliphatic carbocycles. The van der Waals surface area contributed by atoms with Gasteiger partial charge in [-0.2, -0.15) is 0 Å². The van der Waals surface area contributed by atoms with Gasteiger partial charge in [-0.05, 0) is 65.3 Å². The highest BCUT2D eigenvalue weighted by molar-refractivity contribution is 5.83. The Morgan fingerprint density at radius 1 is 1.03 bits per heavy atom. The SMILES string of the molecule is COc1cccc(CCN(CC(=O)O)C(=O)Cc2ccc3c(c2)C[C@](C)(Cc2ccc(C(C)C)cc2)O3)c1. The van der Waals surface area contributed by atoms with Crippen LogP contribution in [0.4, 0.5) is 0 Å². The van der Waals surface area contributed by atoms with Crippen LogP contribution in [0.5, 0.6) is 11.5 Å². The first-order chi connectivity index (χ1) is 18.1. The van der Waals surface area contributed by atoms with Crippen LogP contribution in [0.3, 0.4) is 0 Å². The van der Waals surface area contributed by atoms with Crippen molar-refractivity contribution in [2.75, 3.05) is 20.2 Å². The van der Waals surface area contributed by atoms with Crippen molar-refractivity contribution in [3.8, 4) is 11.5 Å². The number of aliphatic carboxylic acids is 1. The fraction of sp³-hybridized carbons (Fsp3) is 0.375. The zero-order chi connectivity index (χ0) is 27.3. The maximum absolute atomic E-state index is 13.1. The highest BCUT2D eigenvalue weighted by Gasteiger charge is 2.35. The third-order valence-electron chi connectivity index (χ3n) is 7.11. The zero-order valence-corrected chi connectivity index (χ0v) is 22.7. The number of carboxylic acids is 1. The topological polar surface area (TPSA) is 76.1 Å². The summed E-state index contributed by atoms with van der Waals surface area (Å²) in [4.78, 5) is 26.0. The number of hydrogen-bond acceptors (Lipinski definition) is 4. The minimum atomic E-state index is -1.02. The van der Waals surface area contributed by atoms with E-state index in [1.54, 1.807) is 7.11 Å². The molecule has 0 unspecified atom stereocenters. The first-order valence-electron chi connectivity index (χ1n) is 13.2. The van der Waals surface area contributed by atoms with E-state index in [0.717, 1.165) is 41.0 Å². The Balaban J connectivity index is 1.40. The van der Waals surface area contributed by atoms with Crippen LogP contribution in [-0.4, -0.2) is 47.7 Å². The number of carboxylic acid groups (broad SMARTS) is 1. The average Bonchev–Trinajstić information content (AvgIpc) is 3.21. The second-order valence-corrected chi connectivity index (χ2v) is 10.7. The van der Waals surface area contributed by atoms with Crippen LogP contribution in [-0.2, 0) is 35.3 Å². The molecule has 1 heterocycles. The van der Waals surface area contributed by atoms with Crippen molar-refractivity contribution in [1.29, 1.82) is 0 Å². The number of fused-ring (bicyclic) bond motifs is 1. The normalized spacial score (nSPS) is 16.1. The molecule has 6 nitrogen and oxygen atoms in total. The third-order valence-corrected chi connectivity index (χ3v) is 7.11. The van der Waals surface area contributed by atoms with E-state index in [4.69, 9.17) is 9.47 Å². The van der Waals surface area contributed by atoms with E-state index in [-0.39, 0.29) is 24.5 Å². The molecule has 38 heavy (non-hydrogen) atoms. The summed E-state index contributed by atoms with van der Waals surface area (Å²) in [6, 6.07) is 22.2. The van der Waals surface area contributed by atoms with Gasteiger partial charge in [-0.15, -0.1) is 0 Å². The predicted molar refractivity (Wildman–Crippen MR) is 148 cm³/mol. The lowest BCUT2D eigenvalue weighted by atomic mass is 9.90. The lowest BCUT2D eigenvalue weighted by molar-refractivity contribution is -0.144. The quantitative estimate of drug-likeness (QED) is 0.367. The van der Waals surface area contributed by atoms with Gasteiger partial charge in [0.2, 0.25) is 5.91 Å². The summed E-state index contributed by atoms with van der Waals surface area (Å²) >= 11 is 0. The van der Waals surface area contributed by atoms with Crippen molar-refractivity contribution in [3.63, 3.8) is 0 Å². The molecular weight excluding hydrogens is 478 g/mol. The fourth-order valence-corrected chi connectivity index (χ4v) is 5.07. The summed E-state index contributed by atoms with van der Waals surface area (Å²) in [6.07, 6.45) is 2.24. The molecule has 0 bridgehead atoms. The second kappa shape index (κ2) is 11.7. The number of amides is 1. The Morgan fingerprint density at radius 2 is 1.76 bits per heavy atom. The molecule has 0 saturated heterocycles. The fourth-order valence-electron chi connectivity index (χ4n) is 5.07. The first-order valence-corrected chi connectivity index (χ1v) is 13.2. The van der Waals surface area contributed by atoms with Crippen molar-refractivity contribution < 1.29 is 24.2 Å². The predicted octanol–water partition coefficient (Wildman–Crippen LogP) is 5.45. The molecule has 1 aliphatic heterocycles.